The highest BCUT2D eigenvalue weighted by atomic mass is 35.5. The van der Waals surface area contributed by atoms with E-state index in [9.17, 15) is 9.59 Å². The van der Waals surface area contributed by atoms with Crippen molar-refractivity contribution in [2.75, 3.05) is 32.9 Å². The minimum atomic E-state index is -0.514. The molecule has 146 valence electrons. The van der Waals surface area contributed by atoms with Crippen molar-refractivity contribution in [3.63, 3.8) is 0 Å². The topological polar surface area (TPSA) is 73.7 Å². The normalized spacial score (nSPS) is 14.4. The summed E-state index contributed by atoms with van der Waals surface area (Å²) in [4.78, 5) is 27.5. The Balaban J connectivity index is 1.52. The van der Waals surface area contributed by atoms with E-state index < -0.39 is 5.97 Å². The number of benzene rings is 1. The number of esters is 1. The van der Waals surface area contributed by atoms with E-state index in [1.54, 1.807) is 21.7 Å². The van der Waals surface area contributed by atoms with Gasteiger partial charge in [0, 0.05) is 23.5 Å². The lowest BCUT2D eigenvalue weighted by Crippen LogP contribution is -2.42. The molecule has 0 bridgehead atoms. The van der Waals surface area contributed by atoms with Crippen LogP contribution in [0.2, 0.25) is 5.02 Å². The second-order valence-electron chi connectivity index (χ2n) is 6.38. The van der Waals surface area contributed by atoms with Gasteiger partial charge in [0.05, 0.1) is 24.6 Å². The third kappa shape index (κ3) is 3.76. The van der Waals surface area contributed by atoms with Crippen molar-refractivity contribution in [3.05, 3.63) is 45.9 Å². The fraction of sp³-hybridized carbons (Fsp3) is 0.316. The van der Waals surface area contributed by atoms with Gasteiger partial charge < -0.3 is 14.4 Å². The van der Waals surface area contributed by atoms with Gasteiger partial charge >= 0.3 is 5.97 Å². The molecule has 1 fully saturated rings. The van der Waals surface area contributed by atoms with Crippen LogP contribution in [-0.2, 0) is 14.3 Å². The van der Waals surface area contributed by atoms with Gasteiger partial charge in [0.15, 0.2) is 6.61 Å². The molecule has 0 radical (unpaired) electrons. The number of carbonyl (C=O) groups is 2. The molecule has 0 unspecified atom stereocenters. The van der Waals surface area contributed by atoms with Crippen molar-refractivity contribution in [2.24, 2.45) is 0 Å². The highest BCUT2D eigenvalue weighted by Gasteiger charge is 2.21. The second kappa shape index (κ2) is 7.90. The summed E-state index contributed by atoms with van der Waals surface area (Å²) in [5.41, 5.74) is 1.62. The molecular formula is C19H18ClN3O4S. The van der Waals surface area contributed by atoms with Gasteiger partial charge in [-0.15, -0.1) is 11.3 Å². The molecule has 4 rings (SSSR count). The number of halogens is 1. The first kappa shape index (κ1) is 18.9. The van der Waals surface area contributed by atoms with Crippen molar-refractivity contribution in [1.29, 1.82) is 0 Å². The molecule has 2 aromatic heterocycles. The van der Waals surface area contributed by atoms with E-state index in [1.165, 1.54) is 11.3 Å². The molecular weight excluding hydrogens is 402 g/mol. The molecule has 0 N–H and O–H groups in total. The van der Waals surface area contributed by atoms with E-state index in [2.05, 4.69) is 5.10 Å². The van der Waals surface area contributed by atoms with Gasteiger partial charge in [-0.2, -0.15) is 5.10 Å². The number of ether oxygens (including phenoxy) is 2. The van der Waals surface area contributed by atoms with Gasteiger partial charge in [0.1, 0.15) is 9.71 Å². The van der Waals surface area contributed by atoms with Gasteiger partial charge in [0.2, 0.25) is 0 Å². The summed E-state index contributed by atoms with van der Waals surface area (Å²) in [5, 5.41) is 6.02. The van der Waals surface area contributed by atoms with Gasteiger partial charge in [-0.25, -0.2) is 9.48 Å². The largest absolute Gasteiger partial charge is 0.451 e. The molecule has 1 aliphatic rings. The predicted octanol–water partition coefficient (Wildman–Crippen LogP) is 3.06. The van der Waals surface area contributed by atoms with Crippen LogP contribution in [0.4, 0.5) is 0 Å². The van der Waals surface area contributed by atoms with Crippen LogP contribution in [0.5, 0.6) is 0 Å². The summed E-state index contributed by atoms with van der Waals surface area (Å²) in [7, 11) is 0. The Morgan fingerprint density at radius 1 is 1.29 bits per heavy atom. The SMILES string of the molecule is Cc1nn(-c2cccc(Cl)c2)c2sc(C(=O)OCC(=O)N3CCOCC3)cc12. The molecule has 0 aliphatic carbocycles. The van der Waals surface area contributed by atoms with Crippen LogP contribution >= 0.6 is 22.9 Å². The standard InChI is InChI=1S/C19H18ClN3O4S/c1-12-15-10-16(19(25)27-11-17(24)22-5-7-26-8-6-22)28-18(15)23(21-12)14-4-2-3-13(20)9-14/h2-4,9-10H,5-8,11H2,1H3. The van der Waals surface area contributed by atoms with Gasteiger partial charge in [-0.05, 0) is 31.2 Å². The summed E-state index contributed by atoms with van der Waals surface area (Å²) in [5.74, 6) is -0.723. The summed E-state index contributed by atoms with van der Waals surface area (Å²) in [6.07, 6.45) is 0. The number of fused-ring (bicyclic) bond motifs is 1. The van der Waals surface area contributed by atoms with E-state index in [4.69, 9.17) is 21.1 Å². The highest BCUT2D eigenvalue weighted by Crippen LogP contribution is 2.31. The average molecular weight is 420 g/mol. The number of carbonyl (C=O) groups excluding carboxylic acids is 2. The summed E-state index contributed by atoms with van der Waals surface area (Å²) in [6.45, 7) is 3.67. The van der Waals surface area contributed by atoms with Crippen molar-refractivity contribution >= 4 is 45.0 Å². The van der Waals surface area contributed by atoms with Crippen LogP contribution < -0.4 is 0 Å². The molecule has 1 saturated heterocycles. The zero-order valence-corrected chi connectivity index (χ0v) is 16.8. The lowest BCUT2D eigenvalue weighted by Gasteiger charge is -2.26. The average Bonchev–Trinajstić information content (AvgIpc) is 3.27. The van der Waals surface area contributed by atoms with Crippen LogP contribution in [-0.4, -0.2) is 59.5 Å². The van der Waals surface area contributed by atoms with Crippen LogP contribution in [0.3, 0.4) is 0 Å². The first-order valence-corrected chi connectivity index (χ1v) is 10.00. The minimum absolute atomic E-state index is 0.209. The molecule has 1 amide bonds. The van der Waals surface area contributed by atoms with Crippen molar-refractivity contribution < 1.29 is 19.1 Å². The Kier molecular flexibility index (Phi) is 5.34. The number of rotatable bonds is 4. The number of hydrogen-bond acceptors (Lipinski definition) is 6. The second-order valence-corrected chi connectivity index (χ2v) is 7.84. The number of thiophene rings is 1. The zero-order valence-electron chi connectivity index (χ0n) is 15.2. The molecule has 3 aromatic rings. The highest BCUT2D eigenvalue weighted by molar-refractivity contribution is 7.20. The molecule has 1 aromatic carbocycles. The monoisotopic (exact) mass is 419 g/mol. The minimum Gasteiger partial charge on any atom is -0.451 e. The van der Waals surface area contributed by atoms with Crippen LogP contribution in [0, 0.1) is 6.92 Å². The van der Waals surface area contributed by atoms with E-state index >= 15 is 0 Å². The number of nitrogens with zero attached hydrogens (tertiary/aromatic N) is 3. The maximum atomic E-state index is 12.5. The molecule has 3 heterocycles. The number of morpholine rings is 1. The predicted molar refractivity (Wildman–Crippen MR) is 106 cm³/mol. The Bertz CT molecular complexity index is 1040. The summed E-state index contributed by atoms with van der Waals surface area (Å²) >= 11 is 7.37. The maximum Gasteiger partial charge on any atom is 0.348 e. The number of hydrogen-bond donors (Lipinski definition) is 0. The van der Waals surface area contributed by atoms with Gasteiger partial charge in [0.25, 0.3) is 5.91 Å². The van der Waals surface area contributed by atoms with E-state index in [0.29, 0.717) is 36.2 Å². The Hall–Kier alpha value is -2.42. The molecule has 28 heavy (non-hydrogen) atoms. The number of aromatic nitrogens is 2. The number of aryl methyl sites for hydroxylation is 1. The number of amides is 1. The first-order valence-electron chi connectivity index (χ1n) is 8.80. The molecule has 7 nitrogen and oxygen atoms in total. The fourth-order valence-corrected chi connectivity index (χ4v) is 4.29. The molecule has 9 heteroatoms. The quantitative estimate of drug-likeness (QED) is 0.607. The molecule has 0 saturated carbocycles. The van der Waals surface area contributed by atoms with Gasteiger partial charge in [-0.3, -0.25) is 4.79 Å². The van der Waals surface area contributed by atoms with Crippen LogP contribution in [0.25, 0.3) is 15.9 Å². The fourth-order valence-electron chi connectivity index (χ4n) is 3.03. The molecule has 1 aliphatic heterocycles. The lowest BCUT2D eigenvalue weighted by atomic mass is 10.3. The Morgan fingerprint density at radius 3 is 2.82 bits per heavy atom. The Morgan fingerprint density at radius 2 is 2.07 bits per heavy atom. The summed E-state index contributed by atoms with van der Waals surface area (Å²) in [6, 6.07) is 9.11. The van der Waals surface area contributed by atoms with Gasteiger partial charge in [-0.1, -0.05) is 17.7 Å². The first-order chi connectivity index (χ1) is 13.5. The molecule has 0 atom stereocenters. The van der Waals surface area contributed by atoms with Crippen LogP contribution in [0.1, 0.15) is 15.4 Å². The van der Waals surface area contributed by atoms with E-state index in [0.717, 1.165) is 21.6 Å². The maximum absolute atomic E-state index is 12.5. The third-order valence-electron chi connectivity index (χ3n) is 4.49. The third-order valence-corrected chi connectivity index (χ3v) is 5.81. The smallest absolute Gasteiger partial charge is 0.348 e. The lowest BCUT2D eigenvalue weighted by molar-refractivity contribution is -0.138. The zero-order chi connectivity index (χ0) is 19.7. The van der Waals surface area contributed by atoms with E-state index in [-0.39, 0.29) is 12.5 Å². The molecule has 0 spiro atoms. The summed E-state index contributed by atoms with van der Waals surface area (Å²) < 4.78 is 12.2. The van der Waals surface area contributed by atoms with Crippen LogP contribution in [0.15, 0.2) is 30.3 Å². The van der Waals surface area contributed by atoms with Crippen molar-refractivity contribution in [3.8, 4) is 5.69 Å². The van der Waals surface area contributed by atoms with Crippen molar-refractivity contribution in [1.82, 2.24) is 14.7 Å². The Labute approximate surface area is 170 Å². The van der Waals surface area contributed by atoms with Crippen molar-refractivity contribution in [2.45, 2.75) is 6.92 Å². The van der Waals surface area contributed by atoms with E-state index in [1.807, 2.05) is 25.1 Å².